The van der Waals surface area contributed by atoms with E-state index < -0.39 is 0 Å². The molecule has 1 atom stereocenters. The molecule has 0 N–H and O–H groups in total. The molecule has 0 nitrogen and oxygen atoms in total. The highest BCUT2D eigenvalue weighted by molar-refractivity contribution is 5.83. The Labute approximate surface area is 85.6 Å². The predicted octanol–water partition coefficient (Wildman–Crippen LogP) is 4.35. The van der Waals surface area contributed by atoms with Crippen LogP contribution < -0.4 is 0 Å². The molecule has 0 aliphatic carbocycles. The number of benzene rings is 2. The van der Waals surface area contributed by atoms with E-state index >= 15 is 0 Å². The van der Waals surface area contributed by atoms with Crippen molar-refractivity contribution in [3.63, 3.8) is 0 Å². The summed E-state index contributed by atoms with van der Waals surface area (Å²) in [7, 11) is 0. The Balaban J connectivity index is 2.51. The Kier molecular flexibility index (Phi) is 2.53. The fourth-order valence-electron chi connectivity index (χ4n) is 1.75. The molecule has 1 unspecified atom stereocenters. The molecule has 72 valence electrons. The number of hydrogen-bond acceptors (Lipinski definition) is 0. The molecule has 0 spiro atoms. The molecule has 0 bridgehead atoms. The van der Waals surface area contributed by atoms with Crippen LogP contribution in [0.2, 0.25) is 0 Å². The summed E-state index contributed by atoms with van der Waals surface area (Å²) in [5.74, 6) is 0.666. The summed E-state index contributed by atoms with van der Waals surface area (Å²) < 4.78 is 0. The molecule has 0 amide bonds. The molecule has 0 saturated heterocycles. The lowest BCUT2D eigenvalue weighted by molar-refractivity contribution is 0.735. The fraction of sp³-hybridized carbons (Fsp3) is 0.286. The van der Waals surface area contributed by atoms with Gasteiger partial charge in [-0.25, -0.2) is 0 Å². The van der Waals surface area contributed by atoms with Crippen molar-refractivity contribution in [3.05, 3.63) is 48.0 Å². The van der Waals surface area contributed by atoms with E-state index in [1.165, 1.54) is 22.8 Å². The molecule has 2 rings (SSSR count). The van der Waals surface area contributed by atoms with E-state index in [9.17, 15) is 0 Å². The summed E-state index contributed by atoms with van der Waals surface area (Å²) in [4.78, 5) is 0. The lowest BCUT2D eigenvalue weighted by Gasteiger charge is -2.09. The van der Waals surface area contributed by atoms with Crippen LogP contribution in [0, 0.1) is 0 Å². The van der Waals surface area contributed by atoms with Crippen LogP contribution >= 0.6 is 0 Å². The van der Waals surface area contributed by atoms with Gasteiger partial charge < -0.3 is 0 Å². The standard InChI is InChI=1S/C14H16/c1-3-11(2)13-9-8-12-6-4-5-7-14(12)10-13/h4-11H,3H2,1-2H3. The lowest BCUT2D eigenvalue weighted by atomic mass is 9.96. The van der Waals surface area contributed by atoms with Gasteiger partial charge >= 0.3 is 0 Å². The predicted molar refractivity (Wildman–Crippen MR) is 62.7 cm³/mol. The molecule has 0 aliphatic heterocycles. The average molecular weight is 184 g/mol. The van der Waals surface area contributed by atoms with E-state index in [1.807, 2.05) is 0 Å². The van der Waals surface area contributed by atoms with Crippen LogP contribution in [0.4, 0.5) is 0 Å². The van der Waals surface area contributed by atoms with E-state index in [4.69, 9.17) is 0 Å². The minimum absolute atomic E-state index is 0.666. The Hall–Kier alpha value is -1.30. The van der Waals surface area contributed by atoms with Gasteiger partial charge in [0.25, 0.3) is 0 Å². The maximum absolute atomic E-state index is 2.31. The summed E-state index contributed by atoms with van der Waals surface area (Å²) in [5, 5.41) is 2.69. The van der Waals surface area contributed by atoms with Gasteiger partial charge in [0.2, 0.25) is 0 Å². The zero-order chi connectivity index (χ0) is 9.97. The highest BCUT2D eigenvalue weighted by atomic mass is 14.1. The molecule has 2 aromatic rings. The molecular formula is C14H16. The van der Waals surface area contributed by atoms with Crippen molar-refractivity contribution in [1.29, 1.82) is 0 Å². The smallest absolute Gasteiger partial charge is 0.0181 e. The van der Waals surface area contributed by atoms with Gasteiger partial charge in [-0.1, -0.05) is 56.3 Å². The molecule has 0 saturated carbocycles. The normalized spacial score (nSPS) is 13.0. The first-order valence-electron chi connectivity index (χ1n) is 5.30. The molecule has 0 fully saturated rings. The maximum Gasteiger partial charge on any atom is -0.0181 e. The van der Waals surface area contributed by atoms with Crippen LogP contribution in [0.1, 0.15) is 31.7 Å². The highest BCUT2D eigenvalue weighted by Crippen LogP contribution is 2.23. The van der Waals surface area contributed by atoms with Crippen molar-refractivity contribution in [2.24, 2.45) is 0 Å². The zero-order valence-corrected chi connectivity index (χ0v) is 8.83. The van der Waals surface area contributed by atoms with Crippen molar-refractivity contribution in [2.45, 2.75) is 26.2 Å². The topological polar surface area (TPSA) is 0 Å². The number of fused-ring (bicyclic) bond motifs is 1. The summed E-state index contributed by atoms with van der Waals surface area (Å²) in [5.41, 5.74) is 1.45. The SMILES string of the molecule is CCC(C)c1ccc2ccccc2c1. The zero-order valence-electron chi connectivity index (χ0n) is 8.83. The van der Waals surface area contributed by atoms with Gasteiger partial charge in [0, 0.05) is 0 Å². The molecule has 2 aromatic carbocycles. The van der Waals surface area contributed by atoms with Gasteiger partial charge in [0.05, 0.1) is 0 Å². The third-order valence-corrected chi connectivity index (χ3v) is 2.95. The van der Waals surface area contributed by atoms with Crippen molar-refractivity contribution < 1.29 is 0 Å². The van der Waals surface area contributed by atoms with Crippen molar-refractivity contribution in [3.8, 4) is 0 Å². The monoisotopic (exact) mass is 184 g/mol. The Morgan fingerprint density at radius 1 is 1.00 bits per heavy atom. The number of rotatable bonds is 2. The second kappa shape index (κ2) is 3.83. The van der Waals surface area contributed by atoms with Gasteiger partial charge in [-0.15, -0.1) is 0 Å². The largest absolute Gasteiger partial charge is 0.0648 e. The fourth-order valence-corrected chi connectivity index (χ4v) is 1.75. The van der Waals surface area contributed by atoms with Crippen LogP contribution in [0.3, 0.4) is 0 Å². The molecule has 0 heterocycles. The maximum atomic E-state index is 2.31. The quantitative estimate of drug-likeness (QED) is 0.650. The van der Waals surface area contributed by atoms with Gasteiger partial charge in [-0.2, -0.15) is 0 Å². The van der Waals surface area contributed by atoms with E-state index in [-0.39, 0.29) is 0 Å². The van der Waals surface area contributed by atoms with Crippen LogP contribution in [0.5, 0.6) is 0 Å². The van der Waals surface area contributed by atoms with Crippen molar-refractivity contribution in [2.75, 3.05) is 0 Å². The van der Waals surface area contributed by atoms with Gasteiger partial charge in [-0.3, -0.25) is 0 Å². The van der Waals surface area contributed by atoms with E-state index in [0.29, 0.717) is 5.92 Å². The molecule has 0 aliphatic rings. The van der Waals surface area contributed by atoms with Crippen LogP contribution in [0.15, 0.2) is 42.5 Å². The molecule has 0 aromatic heterocycles. The first-order chi connectivity index (χ1) is 6.81. The lowest BCUT2D eigenvalue weighted by Crippen LogP contribution is -1.90. The molecular weight excluding hydrogens is 168 g/mol. The number of hydrogen-bond donors (Lipinski definition) is 0. The first kappa shape index (κ1) is 9.26. The average Bonchev–Trinajstić information content (AvgIpc) is 2.27. The van der Waals surface area contributed by atoms with Crippen LogP contribution in [0.25, 0.3) is 10.8 Å². The van der Waals surface area contributed by atoms with Crippen molar-refractivity contribution in [1.82, 2.24) is 0 Å². The minimum Gasteiger partial charge on any atom is -0.0648 e. The summed E-state index contributed by atoms with van der Waals surface area (Å²) in [6, 6.07) is 15.3. The molecule has 0 radical (unpaired) electrons. The Morgan fingerprint density at radius 3 is 2.43 bits per heavy atom. The molecule has 14 heavy (non-hydrogen) atoms. The third kappa shape index (κ3) is 1.65. The molecule has 0 heteroatoms. The van der Waals surface area contributed by atoms with E-state index in [1.54, 1.807) is 0 Å². The Morgan fingerprint density at radius 2 is 1.71 bits per heavy atom. The van der Waals surface area contributed by atoms with Crippen LogP contribution in [-0.4, -0.2) is 0 Å². The minimum atomic E-state index is 0.666. The van der Waals surface area contributed by atoms with Crippen molar-refractivity contribution >= 4 is 10.8 Å². The Bertz CT molecular complexity index is 429. The second-order valence-corrected chi connectivity index (χ2v) is 3.92. The van der Waals surface area contributed by atoms with Gasteiger partial charge in [0.1, 0.15) is 0 Å². The van der Waals surface area contributed by atoms with E-state index in [2.05, 4.69) is 56.3 Å². The van der Waals surface area contributed by atoms with Gasteiger partial charge in [0.15, 0.2) is 0 Å². The van der Waals surface area contributed by atoms with Gasteiger partial charge in [-0.05, 0) is 28.7 Å². The van der Waals surface area contributed by atoms with Crippen LogP contribution in [-0.2, 0) is 0 Å². The third-order valence-electron chi connectivity index (χ3n) is 2.95. The summed E-state index contributed by atoms with van der Waals surface area (Å²) in [6.45, 7) is 4.52. The summed E-state index contributed by atoms with van der Waals surface area (Å²) >= 11 is 0. The highest BCUT2D eigenvalue weighted by Gasteiger charge is 2.02. The first-order valence-corrected chi connectivity index (χ1v) is 5.30. The van der Waals surface area contributed by atoms with E-state index in [0.717, 1.165) is 0 Å². The summed E-state index contributed by atoms with van der Waals surface area (Å²) in [6.07, 6.45) is 1.21. The second-order valence-electron chi connectivity index (χ2n) is 3.92.